The van der Waals surface area contributed by atoms with Crippen LogP contribution in [0, 0.1) is 0 Å². The number of rotatable bonds is 7. The smallest absolute Gasteiger partial charge is 0.416 e. The van der Waals surface area contributed by atoms with Crippen LogP contribution in [0.4, 0.5) is 18.0 Å². The van der Waals surface area contributed by atoms with Crippen LogP contribution < -0.4 is 5.32 Å². The maximum Gasteiger partial charge on any atom is 0.416 e. The molecule has 0 unspecified atom stereocenters. The molecule has 0 aromatic heterocycles. The number of nitrogens with one attached hydrogen (secondary N) is 1. The summed E-state index contributed by atoms with van der Waals surface area (Å²) in [6.45, 7) is 3.88. The summed E-state index contributed by atoms with van der Waals surface area (Å²) in [6, 6.07) is 0. The summed E-state index contributed by atoms with van der Waals surface area (Å²) < 4.78 is 46.6. The van der Waals surface area contributed by atoms with Gasteiger partial charge in [-0.05, 0) is 20.3 Å². The van der Waals surface area contributed by atoms with Crippen molar-refractivity contribution in [3.63, 3.8) is 0 Å². The molecule has 0 heterocycles. The minimum Gasteiger partial charge on any atom is -0.450 e. The molecule has 1 N–H and O–H groups in total. The highest BCUT2D eigenvalue weighted by Crippen LogP contribution is 2.32. The molecule has 0 aliphatic rings. The molecular formula is C11H20F3NO3. The normalized spacial score (nSPS) is 12.3. The van der Waals surface area contributed by atoms with Gasteiger partial charge in [-0.1, -0.05) is 13.3 Å². The second kappa shape index (κ2) is 7.45. The van der Waals surface area contributed by atoms with Gasteiger partial charge in [0.25, 0.3) is 0 Å². The van der Waals surface area contributed by atoms with Crippen LogP contribution in [-0.4, -0.2) is 37.6 Å². The fourth-order valence-electron chi connectivity index (χ4n) is 0.901. The predicted octanol–water partition coefficient (Wildman–Crippen LogP) is 2.87. The Morgan fingerprint density at radius 1 is 1.22 bits per heavy atom. The lowest BCUT2D eigenvalue weighted by molar-refractivity contribution is -0.262. The van der Waals surface area contributed by atoms with Crippen molar-refractivity contribution in [2.45, 2.75) is 45.4 Å². The topological polar surface area (TPSA) is 47.6 Å². The fraction of sp³-hybridized carbons (Fsp3) is 0.909. The van der Waals surface area contributed by atoms with Gasteiger partial charge in [0.1, 0.15) is 0 Å². The molecule has 0 saturated carbocycles. The molecule has 1 amide bonds. The Kier molecular flexibility index (Phi) is 7.05. The van der Waals surface area contributed by atoms with Crippen LogP contribution in [-0.2, 0) is 9.47 Å². The maximum atomic E-state index is 12.4. The van der Waals surface area contributed by atoms with E-state index < -0.39 is 17.9 Å². The van der Waals surface area contributed by atoms with Crippen molar-refractivity contribution in [2.24, 2.45) is 0 Å². The van der Waals surface area contributed by atoms with E-state index in [4.69, 9.17) is 4.74 Å². The minimum absolute atomic E-state index is 0.0233. The first-order chi connectivity index (χ1) is 8.20. The van der Waals surface area contributed by atoms with E-state index in [1.807, 2.05) is 6.92 Å². The molecule has 0 bridgehead atoms. The number of alkyl halides is 3. The van der Waals surface area contributed by atoms with E-state index in [0.29, 0.717) is 6.61 Å². The third-order valence-electron chi connectivity index (χ3n) is 2.25. The van der Waals surface area contributed by atoms with Gasteiger partial charge in [-0.15, -0.1) is 0 Å². The SMILES string of the molecule is CCCCOC(=O)NCCOC(C)(C)C(F)(F)F. The molecule has 0 aliphatic heterocycles. The van der Waals surface area contributed by atoms with Gasteiger partial charge in [0.2, 0.25) is 0 Å². The van der Waals surface area contributed by atoms with Crippen LogP contribution in [0.2, 0.25) is 0 Å². The van der Waals surface area contributed by atoms with Gasteiger partial charge in [-0.2, -0.15) is 13.2 Å². The van der Waals surface area contributed by atoms with Crippen molar-refractivity contribution < 1.29 is 27.4 Å². The average molecular weight is 271 g/mol. The zero-order chi connectivity index (χ0) is 14.2. The lowest BCUT2D eigenvalue weighted by Crippen LogP contribution is -2.43. The van der Waals surface area contributed by atoms with Crippen LogP contribution in [0.1, 0.15) is 33.6 Å². The number of hydrogen-bond acceptors (Lipinski definition) is 3. The summed E-state index contributed by atoms with van der Waals surface area (Å²) in [5, 5.41) is 2.31. The summed E-state index contributed by atoms with van der Waals surface area (Å²) >= 11 is 0. The van der Waals surface area contributed by atoms with Gasteiger partial charge in [-0.3, -0.25) is 0 Å². The van der Waals surface area contributed by atoms with Gasteiger partial charge in [0.05, 0.1) is 13.2 Å². The Morgan fingerprint density at radius 2 is 1.83 bits per heavy atom. The Balaban J connectivity index is 3.71. The molecule has 7 heteroatoms. The molecule has 0 atom stereocenters. The van der Waals surface area contributed by atoms with Crippen molar-refractivity contribution in [2.75, 3.05) is 19.8 Å². The van der Waals surface area contributed by atoms with Crippen LogP contribution in [0.5, 0.6) is 0 Å². The number of halogens is 3. The van der Waals surface area contributed by atoms with E-state index in [0.717, 1.165) is 26.7 Å². The maximum absolute atomic E-state index is 12.4. The van der Waals surface area contributed by atoms with Crippen molar-refractivity contribution >= 4 is 6.09 Å². The third kappa shape index (κ3) is 6.68. The largest absolute Gasteiger partial charge is 0.450 e. The molecule has 0 fully saturated rings. The Labute approximate surface area is 105 Å². The zero-order valence-electron chi connectivity index (χ0n) is 10.9. The molecular weight excluding hydrogens is 251 g/mol. The van der Waals surface area contributed by atoms with Gasteiger partial charge in [-0.25, -0.2) is 4.79 Å². The van der Waals surface area contributed by atoms with Crippen LogP contribution >= 0.6 is 0 Å². The minimum atomic E-state index is -4.44. The van der Waals surface area contributed by atoms with E-state index in [2.05, 4.69) is 10.1 Å². The lowest BCUT2D eigenvalue weighted by Gasteiger charge is -2.27. The standard InChI is InChI=1S/C11H20F3NO3/c1-4-5-7-17-9(16)15-6-8-18-10(2,3)11(12,13)14/h4-8H2,1-3H3,(H,15,16). The van der Waals surface area contributed by atoms with Crippen LogP contribution in [0.15, 0.2) is 0 Å². The van der Waals surface area contributed by atoms with Crippen molar-refractivity contribution in [3.05, 3.63) is 0 Å². The molecule has 4 nitrogen and oxygen atoms in total. The zero-order valence-corrected chi connectivity index (χ0v) is 10.9. The number of carbonyl (C=O) groups excluding carboxylic acids is 1. The number of alkyl carbamates (subject to hydrolysis) is 1. The van der Waals surface area contributed by atoms with E-state index in [1.54, 1.807) is 0 Å². The molecule has 0 saturated heterocycles. The Bertz CT molecular complexity index is 254. The molecule has 18 heavy (non-hydrogen) atoms. The van der Waals surface area contributed by atoms with Crippen LogP contribution in [0.3, 0.4) is 0 Å². The van der Waals surface area contributed by atoms with E-state index in [-0.39, 0.29) is 13.2 Å². The van der Waals surface area contributed by atoms with E-state index >= 15 is 0 Å². The van der Waals surface area contributed by atoms with Gasteiger partial charge >= 0.3 is 12.3 Å². The monoisotopic (exact) mass is 271 g/mol. The van der Waals surface area contributed by atoms with E-state index in [9.17, 15) is 18.0 Å². The average Bonchev–Trinajstić information content (AvgIpc) is 2.23. The Hall–Kier alpha value is -0.980. The van der Waals surface area contributed by atoms with Crippen molar-refractivity contribution in [1.29, 1.82) is 0 Å². The fourth-order valence-corrected chi connectivity index (χ4v) is 0.901. The lowest BCUT2D eigenvalue weighted by atomic mass is 10.1. The molecule has 0 rings (SSSR count). The van der Waals surface area contributed by atoms with Gasteiger partial charge in [0.15, 0.2) is 5.60 Å². The quantitative estimate of drug-likeness (QED) is 0.724. The molecule has 0 spiro atoms. The molecule has 0 aromatic rings. The number of carbonyl (C=O) groups is 1. The first kappa shape index (κ1) is 17.0. The number of hydrogen-bond donors (Lipinski definition) is 1. The summed E-state index contributed by atoms with van der Waals surface area (Å²) in [5.41, 5.74) is -2.22. The molecule has 0 radical (unpaired) electrons. The summed E-state index contributed by atoms with van der Waals surface area (Å²) in [6.07, 6.45) is -3.42. The second-order valence-corrected chi connectivity index (χ2v) is 4.27. The van der Waals surface area contributed by atoms with Gasteiger partial charge in [0, 0.05) is 6.54 Å². The van der Waals surface area contributed by atoms with E-state index in [1.165, 1.54) is 0 Å². The highest BCUT2D eigenvalue weighted by Gasteiger charge is 2.48. The second-order valence-electron chi connectivity index (χ2n) is 4.27. The number of unbranched alkanes of at least 4 members (excludes halogenated alkanes) is 1. The third-order valence-corrected chi connectivity index (χ3v) is 2.25. The summed E-state index contributed by atoms with van der Waals surface area (Å²) in [4.78, 5) is 11.0. The highest BCUT2D eigenvalue weighted by atomic mass is 19.4. The molecule has 0 aromatic carbocycles. The number of amides is 1. The van der Waals surface area contributed by atoms with Crippen molar-refractivity contribution in [1.82, 2.24) is 5.32 Å². The predicted molar refractivity (Wildman–Crippen MR) is 60.3 cm³/mol. The molecule has 0 aliphatic carbocycles. The summed E-state index contributed by atoms with van der Waals surface area (Å²) in [5.74, 6) is 0. The highest BCUT2D eigenvalue weighted by molar-refractivity contribution is 5.66. The first-order valence-corrected chi connectivity index (χ1v) is 5.82. The summed E-state index contributed by atoms with van der Waals surface area (Å²) in [7, 11) is 0. The Morgan fingerprint density at radius 3 is 2.33 bits per heavy atom. The van der Waals surface area contributed by atoms with Crippen molar-refractivity contribution in [3.8, 4) is 0 Å². The first-order valence-electron chi connectivity index (χ1n) is 5.82. The molecule has 108 valence electrons. The van der Waals surface area contributed by atoms with Gasteiger partial charge < -0.3 is 14.8 Å². The van der Waals surface area contributed by atoms with Crippen LogP contribution in [0.25, 0.3) is 0 Å². The number of ether oxygens (including phenoxy) is 2.